The molecular weight excluding hydrogens is 422 g/mol. The Bertz CT molecular complexity index is 825. The maximum Gasteiger partial charge on any atom is 0.257 e. The molecule has 2 unspecified atom stereocenters. The third-order valence-corrected chi connectivity index (χ3v) is 6.76. The lowest BCUT2D eigenvalue weighted by Gasteiger charge is -2.13. The van der Waals surface area contributed by atoms with Gasteiger partial charge in [-0.15, -0.1) is 0 Å². The van der Waals surface area contributed by atoms with Crippen LogP contribution in [0.1, 0.15) is 37.0 Å². The zero-order valence-corrected chi connectivity index (χ0v) is 17.9. The van der Waals surface area contributed by atoms with Gasteiger partial charge in [-0.3, -0.25) is 4.79 Å². The van der Waals surface area contributed by atoms with Crippen molar-refractivity contribution in [1.29, 1.82) is 0 Å². The fraction of sp³-hybridized carbons (Fsp3) is 0.333. The van der Waals surface area contributed by atoms with Crippen molar-refractivity contribution in [3.63, 3.8) is 0 Å². The van der Waals surface area contributed by atoms with E-state index >= 15 is 0 Å². The molecule has 0 aromatic heterocycles. The fourth-order valence-electron chi connectivity index (χ4n) is 2.82. The van der Waals surface area contributed by atoms with Crippen LogP contribution in [0.3, 0.4) is 0 Å². The Kier molecular flexibility index (Phi) is 6.96. The van der Waals surface area contributed by atoms with Crippen LogP contribution in [0.5, 0.6) is 0 Å². The molecule has 142 valence electrons. The van der Waals surface area contributed by atoms with Gasteiger partial charge < -0.3 is 10.6 Å². The molecular formula is C21H24BrN3OS. The predicted octanol–water partition coefficient (Wildman–Crippen LogP) is 5.51. The number of alkyl halides is 1. The van der Waals surface area contributed by atoms with Crippen molar-refractivity contribution in [1.82, 2.24) is 5.32 Å². The molecule has 0 saturated heterocycles. The van der Waals surface area contributed by atoms with Gasteiger partial charge in [-0.1, -0.05) is 71.4 Å². The summed E-state index contributed by atoms with van der Waals surface area (Å²) in [6.07, 6.45) is 2.26. The van der Waals surface area contributed by atoms with Crippen molar-refractivity contribution in [3.05, 3.63) is 54.1 Å². The van der Waals surface area contributed by atoms with Crippen molar-refractivity contribution in [2.45, 2.75) is 36.9 Å². The average Bonchev–Trinajstić information content (AvgIpc) is 2.99. The van der Waals surface area contributed by atoms with Crippen LogP contribution in [0, 0.1) is 0 Å². The van der Waals surface area contributed by atoms with E-state index in [4.69, 9.17) is 0 Å². The highest BCUT2D eigenvalue weighted by Crippen LogP contribution is 2.30. The number of amidine groups is 1. The molecule has 2 N–H and O–H groups in total. The number of halogens is 1. The number of nitrogens with one attached hydrogen (secondary N) is 2. The van der Waals surface area contributed by atoms with E-state index < -0.39 is 0 Å². The van der Waals surface area contributed by atoms with Crippen LogP contribution in [0.2, 0.25) is 0 Å². The predicted molar refractivity (Wildman–Crippen MR) is 120 cm³/mol. The number of nitrogens with zero attached hydrogens (tertiary/aromatic N) is 1. The van der Waals surface area contributed by atoms with E-state index in [-0.39, 0.29) is 10.9 Å². The number of hydrogen-bond acceptors (Lipinski definition) is 4. The maximum atomic E-state index is 12.9. The Morgan fingerprint density at radius 1 is 1.22 bits per heavy atom. The second-order valence-electron chi connectivity index (χ2n) is 6.49. The summed E-state index contributed by atoms with van der Waals surface area (Å²) in [5.74, 6) is -0.131. The molecule has 0 fully saturated rings. The summed E-state index contributed by atoms with van der Waals surface area (Å²) < 4.78 is 0. The van der Waals surface area contributed by atoms with Crippen molar-refractivity contribution in [2.75, 3.05) is 11.9 Å². The molecule has 3 rings (SSSR count). The highest BCUT2D eigenvalue weighted by molar-refractivity contribution is 9.09. The number of aliphatic imine (C=N–C) groups is 1. The first kappa shape index (κ1) is 20.0. The molecule has 0 aliphatic carbocycles. The van der Waals surface area contributed by atoms with E-state index in [1.165, 1.54) is 0 Å². The molecule has 4 nitrogen and oxygen atoms in total. The van der Waals surface area contributed by atoms with Crippen LogP contribution < -0.4 is 10.6 Å². The van der Waals surface area contributed by atoms with Gasteiger partial charge in [-0.2, -0.15) is 0 Å². The number of hydrogen-bond donors (Lipinski definition) is 2. The lowest BCUT2D eigenvalue weighted by Crippen LogP contribution is -2.28. The number of anilines is 1. The van der Waals surface area contributed by atoms with E-state index in [0.717, 1.165) is 36.2 Å². The Morgan fingerprint density at radius 2 is 2.00 bits per heavy atom. The summed E-state index contributed by atoms with van der Waals surface area (Å²) in [5, 5.41) is 7.37. The zero-order valence-electron chi connectivity index (χ0n) is 15.5. The standard InChI is InChI=1S/C21H24BrN3OS/c1-3-4-12-23-16-10-11-17(18(13-16)15-8-6-5-7-9-15)20(26)25-21-24-19(22)14(2)27-21/h5-11,13-14,19,23H,3-4,12H2,1-2H3,(H,24,25,26). The number of benzene rings is 2. The van der Waals surface area contributed by atoms with E-state index in [1.54, 1.807) is 11.8 Å². The first-order valence-electron chi connectivity index (χ1n) is 9.21. The van der Waals surface area contributed by atoms with Crippen molar-refractivity contribution in [3.8, 4) is 11.1 Å². The van der Waals surface area contributed by atoms with Gasteiger partial charge >= 0.3 is 0 Å². The topological polar surface area (TPSA) is 53.5 Å². The largest absolute Gasteiger partial charge is 0.385 e. The quantitative estimate of drug-likeness (QED) is 0.350. The average molecular weight is 446 g/mol. The van der Waals surface area contributed by atoms with Crippen LogP contribution in [0.15, 0.2) is 53.5 Å². The molecule has 1 aliphatic rings. The van der Waals surface area contributed by atoms with Gasteiger partial charge in [0.25, 0.3) is 5.91 Å². The number of carbonyl (C=O) groups excluding carboxylic acids is 1. The minimum Gasteiger partial charge on any atom is -0.385 e. The lowest BCUT2D eigenvalue weighted by molar-refractivity contribution is 0.0978. The summed E-state index contributed by atoms with van der Waals surface area (Å²) in [6.45, 7) is 5.18. The van der Waals surface area contributed by atoms with Gasteiger partial charge in [-0.25, -0.2) is 4.99 Å². The molecule has 1 amide bonds. The van der Waals surface area contributed by atoms with Crippen LogP contribution in [-0.2, 0) is 0 Å². The summed E-state index contributed by atoms with van der Waals surface area (Å²) in [4.78, 5) is 17.4. The Hall–Kier alpha value is -1.79. The number of rotatable bonds is 6. The summed E-state index contributed by atoms with van der Waals surface area (Å²) in [6, 6.07) is 15.9. The Labute approximate surface area is 173 Å². The minimum absolute atomic E-state index is 0.0385. The first-order chi connectivity index (χ1) is 13.1. The maximum absolute atomic E-state index is 12.9. The zero-order chi connectivity index (χ0) is 19.2. The molecule has 0 saturated carbocycles. The minimum atomic E-state index is -0.131. The van der Waals surface area contributed by atoms with Gasteiger partial charge in [-0.05, 0) is 42.7 Å². The second kappa shape index (κ2) is 9.42. The smallest absolute Gasteiger partial charge is 0.257 e. The van der Waals surface area contributed by atoms with E-state index in [9.17, 15) is 4.79 Å². The normalized spacial score (nSPS) is 18.9. The first-order valence-corrected chi connectivity index (χ1v) is 11.0. The van der Waals surface area contributed by atoms with Gasteiger partial charge in [0, 0.05) is 23.0 Å². The van der Waals surface area contributed by atoms with Gasteiger partial charge in [0.05, 0.1) is 0 Å². The SMILES string of the molecule is CCCCNc1ccc(C(=O)NC2=NC(Br)C(C)S2)c(-c2ccccc2)c1. The molecule has 2 atom stereocenters. The molecule has 2 aromatic rings. The second-order valence-corrected chi connectivity index (χ2v) is 8.79. The van der Waals surface area contributed by atoms with Gasteiger partial charge in [0.1, 0.15) is 4.95 Å². The van der Waals surface area contributed by atoms with E-state index in [2.05, 4.69) is 51.5 Å². The summed E-state index contributed by atoms with van der Waals surface area (Å²) in [5.41, 5.74) is 3.62. The van der Waals surface area contributed by atoms with E-state index in [1.807, 2.05) is 42.5 Å². The summed E-state index contributed by atoms with van der Waals surface area (Å²) in [7, 11) is 0. The highest BCUT2D eigenvalue weighted by atomic mass is 79.9. The molecule has 1 aliphatic heterocycles. The number of amides is 1. The molecule has 2 aromatic carbocycles. The highest BCUT2D eigenvalue weighted by Gasteiger charge is 2.26. The molecule has 0 radical (unpaired) electrons. The van der Waals surface area contributed by atoms with E-state index in [0.29, 0.717) is 16.0 Å². The van der Waals surface area contributed by atoms with Crippen LogP contribution in [0.4, 0.5) is 5.69 Å². The number of carbonyl (C=O) groups is 1. The third-order valence-electron chi connectivity index (χ3n) is 4.35. The lowest BCUT2D eigenvalue weighted by atomic mass is 9.98. The van der Waals surface area contributed by atoms with Crippen molar-refractivity contribution < 1.29 is 4.79 Å². The Balaban J connectivity index is 1.87. The van der Waals surface area contributed by atoms with Gasteiger partial charge in [0.15, 0.2) is 5.17 Å². The number of thioether (sulfide) groups is 1. The molecule has 6 heteroatoms. The van der Waals surface area contributed by atoms with Crippen LogP contribution in [-0.4, -0.2) is 27.8 Å². The molecule has 0 bridgehead atoms. The molecule has 1 heterocycles. The molecule has 27 heavy (non-hydrogen) atoms. The van der Waals surface area contributed by atoms with Crippen LogP contribution in [0.25, 0.3) is 11.1 Å². The fourth-order valence-corrected chi connectivity index (χ4v) is 4.34. The van der Waals surface area contributed by atoms with Crippen molar-refractivity contribution in [2.24, 2.45) is 4.99 Å². The van der Waals surface area contributed by atoms with Crippen LogP contribution >= 0.6 is 27.7 Å². The molecule has 0 spiro atoms. The third kappa shape index (κ3) is 5.14. The van der Waals surface area contributed by atoms with Gasteiger partial charge in [0.2, 0.25) is 0 Å². The monoisotopic (exact) mass is 445 g/mol. The number of unbranched alkanes of at least 4 members (excludes halogenated alkanes) is 1. The van der Waals surface area contributed by atoms with Crippen molar-refractivity contribution >= 4 is 44.5 Å². The Morgan fingerprint density at radius 3 is 2.67 bits per heavy atom. The summed E-state index contributed by atoms with van der Waals surface area (Å²) >= 11 is 5.09.